The van der Waals surface area contributed by atoms with E-state index in [1.54, 1.807) is 6.26 Å². The molecule has 1 aromatic heterocycles. The van der Waals surface area contributed by atoms with Crippen molar-refractivity contribution in [2.75, 3.05) is 32.9 Å². The van der Waals surface area contributed by atoms with Gasteiger partial charge in [-0.1, -0.05) is 0 Å². The number of carbonyl (C=O) groups is 1. The Kier molecular flexibility index (Phi) is 4.54. The number of ether oxygens (including phenoxy) is 2. The van der Waals surface area contributed by atoms with Crippen molar-refractivity contribution in [2.45, 2.75) is 39.2 Å². The second-order valence-corrected chi connectivity index (χ2v) is 6.52. The summed E-state index contributed by atoms with van der Waals surface area (Å²) in [5.74, 6) is 0.495. The monoisotopic (exact) mass is 307 g/mol. The van der Waals surface area contributed by atoms with Crippen LogP contribution < -0.4 is 0 Å². The van der Waals surface area contributed by atoms with Gasteiger partial charge in [0.25, 0.3) is 5.91 Å². The minimum atomic E-state index is 0.0159. The largest absolute Gasteiger partial charge is 0.459 e. The second kappa shape index (κ2) is 6.42. The molecule has 122 valence electrons. The van der Waals surface area contributed by atoms with Crippen LogP contribution in [0.1, 0.15) is 42.3 Å². The standard InChI is InChI=1S/C17H25NO4/c1-3-20-11-14-10-17(12-22-14)5-7-18(8-6-17)16(19)15-13(2)4-9-21-15/h4,9,14H,3,5-8,10-12H2,1-2H3/t14-/m1/s1. The van der Waals surface area contributed by atoms with Crippen LogP contribution in [0, 0.1) is 12.3 Å². The highest BCUT2D eigenvalue weighted by Gasteiger charge is 2.43. The van der Waals surface area contributed by atoms with Gasteiger partial charge in [-0.05, 0) is 44.6 Å². The quantitative estimate of drug-likeness (QED) is 0.858. The molecule has 3 heterocycles. The van der Waals surface area contributed by atoms with Gasteiger partial charge in [-0.2, -0.15) is 0 Å². The summed E-state index contributed by atoms with van der Waals surface area (Å²) in [4.78, 5) is 14.4. The van der Waals surface area contributed by atoms with Crippen molar-refractivity contribution in [3.63, 3.8) is 0 Å². The van der Waals surface area contributed by atoms with Gasteiger partial charge < -0.3 is 18.8 Å². The Morgan fingerprint density at radius 3 is 2.86 bits per heavy atom. The molecule has 0 aliphatic carbocycles. The summed E-state index contributed by atoms with van der Waals surface area (Å²) in [5, 5.41) is 0. The molecule has 0 unspecified atom stereocenters. The summed E-state index contributed by atoms with van der Waals surface area (Å²) in [6.45, 7) is 7.70. The number of aryl methyl sites for hydroxylation is 1. The van der Waals surface area contributed by atoms with Crippen LogP contribution in [-0.2, 0) is 9.47 Å². The van der Waals surface area contributed by atoms with Crippen LogP contribution >= 0.6 is 0 Å². The average molecular weight is 307 g/mol. The van der Waals surface area contributed by atoms with Crippen LogP contribution in [0.15, 0.2) is 16.7 Å². The smallest absolute Gasteiger partial charge is 0.289 e. The summed E-state index contributed by atoms with van der Waals surface area (Å²) >= 11 is 0. The lowest BCUT2D eigenvalue weighted by Gasteiger charge is -2.38. The van der Waals surface area contributed by atoms with Crippen molar-refractivity contribution in [1.29, 1.82) is 0 Å². The summed E-state index contributed by atoms with van der Waals surface area (Å²) in [6.07, 6.45) is 4.85. The fraction of sp³-hybridized carbons (Fsp3) is 0.706. The van der Waals surface area contributed by atoms with Gasteiger partial charge in [0.1, 0.15) is 0 Å². The zero-order chi connectivity index (χ0) is 15.6. The highest BCUT2D eigenvalue weighted by Crippen LogP contribution is 2.42. The molecule has 0 radical (unpaired) electrons. The normalized spacial score (nSPS) is 24.1. The lowest BCUT2D eigenvalue weighted by Crippen LogP contribution is -2.43. The van der Waals surface area contributed by atoms with Crippen molar-refractivity contribution >= 4 is 5.91 Å². The van der Waals surface area contributed by atoms with Crippen LogP contribution in [0.2, 0.25) is 0 Å². The van der Waals surface area contributed by atoms with Gasteiger partial charge in [0.2, 0.25) is 0 Å². The lowest BCUT2D eigenvalue weighted by atomic mass is 9.76. The molecule has 1 atom stereocenters. The Balaban J connectivity index is 1.55. The predicted octanol–water partition coefficient (Wildman–Crippen LogP) is 2.64. The molecule has 2 aliphatic heterocycles. The number of hydrogen-bond donors (Lipinski definition) is 0. The van der Waals surface area contributed by atoms with Gasteiger partial charge in [0.15, 0.2) is 5.76 Å². The van der Waals surface area contributed by atoms with Gasteiger partial charge in [0, 0.05) is 25.3 Å². The van der Waals surface area contributed by atoms with Crippen LogP contribution in [0.4, 0.5) is 0 Å². The maximum atomic E-state index is 12.5. The lowest BCUT2D eigenvalue weighted by molar-refractivity contribution is 0.0158. The third kappa shape index (κ3) is 3.06. The number of rotatable bonds is 4. The first-order valence-electron chi connectivity index (χ1n) is 8.16. The topological polar surface area (TPSA) is 51.9 Å². The fourth-order valence-corrected chi connectivity index (χ4v) is 3.52. The number of nitrogens with zero attached hydrogens (tertiary/aromatic N) is 1. The molecular weight excluding hydrogens is 282 g/mol. The van der Waals surface area contributed by atoms with E-state index < -0.39 is 0 Å². The number of likely N-dealkylation sites (tertiary alicyclic amines) is 1. The maximum Gasteiger partial charge on any atom is 0.289 e. The van der Waals surface area contributed by atoms with E-state index >= 15 is 0 Å². The molecule has 0 saturated carbocycles. The Labute approximate surface area is 131 Å². The molecule has 5 heteroatoms. The molecule has 1 spiro atoms. The molecule has 5 nitrogen and oxygen atoms in total. The number of furan rings is 1. The number of hydrogen-bond acceptors (Lipinski definition) is 4. The van der Waals surface area contributed by atoms with E-state index in [4.69, 9.17) is 13.9 Å². The van der Waals surface area contributed by atoms with Gasteiger partial charge >= 0.3 is 0 Å². The van der Waals surface area contributed by atoms with E-state index in [1.807, 2.05) is 24.8 Å². The Hall–Kier alpha value is -1.33. The highest BCUT2D eigenvalue weighted by atomic mass is 16.5. The Bertz CT molecular complexity index is 516. The highest BCUT2D eigenvalue weighted by molar-refractivity contribution is 5.92. The number of piperidine rings is 1. The second-order valence-electron chi connectivity index (χ2n) is 6.52. The molecule has 2 aliphatic rings. The van der Waals surface area contributed by atoms with E-state index in [9.17, 15) is 4.79 Å². The molecular formula is C17H25NO4. The summed E-state index contributed by atoms with van der Waals surface area (Å²) < 4.78 is 16.7. The Morgan fingerprint density at radius 1 is 1.45 bits per heavy atom. The van der Waals surface area contributed by atoms with Crippen molar-refractivity contribution in [1.82, 2.24) is 4.90 Å². The molecule has 0 N–H and O–H groups in total. The van der Waals surface area contributed by atoms with Crippen molar-refractivity contribution in [2.24, 2.45) is 5.41 Å². The first-order chi connectivity index (χ1) is 10.6. The summed E-state index contributed by atoms with van der Waals surface area (Å²) in [5.41, 5.74) is 1.14. The van der Waals surface area contributed by atoms with Gasteiger partial charge in [-0.3, -0.25) is 4.79 Å². The van der Waals surface area contributed by atoms with Gasteiger partial charge in [0.05, 0.1) is 25.6 Å². The molecule has 0 aromatic carbocycles. The zero-order valence-electron chi connectivity index (χ0n) is 13.5. The minimum absolute atomic E-state index is 0.0159. The number of carbonyl (C=O) groups excluding carboxylic acids is 1. The molecule has 0 bridgehead atoms. The van der Waals surface area contributed by atoms with E-state index in [1.165, 1.54) is 0 Å². The fourth-order valence-electron chi connectivity index (χ4n) is 3.52. The van der Waals surface area contributed by atoms with Gasteiger partial charge in [-0.15, -0.1) is 0 Å². The SMILES string of the molecule is CCOC[C@H]1CC2(CCN(C(=O)c3occc3C)CC2)CO1. The van der Waals surface area contributed by atoms with E-state index in [0.717, 1.165) is 51.1 Å². The molecule has 22 heavy (non-hydrogen) atoms. The minimum Gasteiger partial charge on any atom is -0.459 e. The third-order valence-corrected chi connectivity index (χ3v) is 4.96. The zero-order valence-corrected chi connectivity index (χ0v) is 13.5. The molecule has 1 amide bonds. The van der Waals surface area contributed by atoms with Crippen LogP contribution in [0.25, 0.3) is 0 Å². The van der Waals surface area contributed by atoms with Gasteiger partial charge in [-0.25, -0.2) is 0 Å². The van der Waals surface area contributed by atoms with E-state index in [0.29, 0.717) is 12.4 Å². The van der Waals surface area contributed by atoms with Crippen LogP contribution in [-0.4, -0.2) is 49.8 Å². The molecule has 2 saturated heterocycles. The predicted molar refractivity (Wildman–Crippen MR) is 81.9 cm³/mol. The van der Waals surface area contributed by atoms with Crippen molar-refractivity contribution in [3.8, 4) is 0 Å². The first kappa shape index (κ1) is 15.6. The third-order valence-electron chi connectivity index (χ3n) is 4.96. The van der Waals surface area contributed by atoms with Crippen LogP contribution in [0.3, 0.4) is 0 Å². The van der Waals surface area contributed by atoms with Crippen molar-refractivity contribution < 1.29 is 18.7 Å². The maximum absolute atomic E-state index is 12.5. The summed E-state index contributed by atoms with van der Waals surface area (Å²) in [7, 11) is 0. The van der Waals surface area contributed by atoms with E-state index in [2.05, 4.69) is 0 Å². The summed E-state index contributed by atoms with van der Waals surface area (Å²) in [6, 6.07) is 1.84. The average Bonchev–Trinajstić information content (AvgIpc) is 3.12. The van der Waals surface area contributed by atoms with Crippen molar-refractivity contribution in [3.05, 3.63) is 23.7 Å². The molecule has 3 rings (SSSR count). The number of amides is 1. The molecule has 1 aromatic rings. The Morgan fingerprint density at radius 2 is 2.23 bits per heavy atom. The first-order valence-corrected chi connectivity index (χ1v) is 8.16. The van der Waals surface area contributed by atoms with Crippen LogP contribution in [0.5, 0.6) is 0 Å². The van der Waals surface area contributed by atoms with E-state index in [-0.39, 0.29) is 17.4 Å². The molecule has 2 fully saturated rings.